The zero-order valence-corrected chi connectivity index (χ0v) is 10.4. The highest BCUT2D eigenvalue weighted by Crippen LogP contribution is 2.32. The smallest absolute Gasteiger partial charge is 0.379 e. The van der Waals surface area contributed by atoms with Gasteiger partial charge in [0.15, 0.2) is 6.10 Å². The van der Waals surface area contributed by atoms with Crippen LogP contribution in [-0.4, -0.2) is 53.6 Å². The maximum Gasteiger partial charge on any atom is 0.418 e. The van der Waals surface area contributed by atoms with E-state index in [9.17, 15) is 13.2 Å². The number of morpholine rings is 1. The van der Waals surface area contributed by atoms with Crippen molar-refractivity contribution in [2.45, 2.75) is 18.8 Å². The molecule has 1 saturated heterocycles. The van der Waals surface area contributed by atoms with Crippen LogP contribution >= 0.6 is 0 Å². The maximum atomic E-state index is 12.3. The average Bonchev–Trinajstić information content (AvgIpc) is 2.84. The van der Waals surface area contributed by atoms with Gasteiger partial charge in [-0.2, -0.15) is 13.2 Å². The third-order valence-corrected chi connectivity index (χ3v) is 3.18. The lowest BCUT2D eigenvalue weighted by Gasteiger charge is -2.26. The van der Waals surface area contributed by atoms with Crippen LogP contribution in [0.15, 0.2) is 18.5 Å². The van der Waals surface area contributed by atoms with Crippen LogP contribution in [0.3, 0.4) is 0 Å². The molecule has 1 unspecified atom stereocenters. The van der Waals surface area contributed by atoms with Crippen molar-refractivity contribution in [3.63, 3.8) is 0 Å². The van der Waals surface area contributed by atoms with Crippen molar-refractivity contribution in [1.29, 1.82) is 0 Å². The SMILES string of the molecule is OC(c1ccn(CCN2CCOCC2)c1)C(F)(F)F. The Bertz CT molecular complexity index is 400. The molecule has 7 heteroatoms. The number of hydrogen-bond acceptors (Lipinski definition) is 3. The standard InChI is InChI=1S/C12H17F3N2O2/c13-12(14,15)11(18)10-1-2-17(9-10)4-3-16-5-7-19-8-6-16/h1-2,9,11,18H,3-8H2. The first kappa shape index (κ1) is 14.4. The summed E-state index contributed by atoms with van der Waals surface area (Å²) in [6, 6.07) is 1.30. The van der Waals surface area contributed by atoms with E-state index >= 15 is 0 Å². The Balaban J connectivity index is 1.86. The van der Waals surface area contributed by atoms with E-state index in [1.807, 2.05) is 0 Å². The summed E-state index contributed by atoms with van der Waals surface area (Å²) in [4.78, 5) is 2.20. The van der Waals surface area contributed by atoms with Crippen molar-refractivity contribution < 1.29 is 23.0 Å². The number of nitrogens with zero attached hydrogens (tertiary/aromatic N) is 2. The number of alkyl halides is 3. The lowest BCUT2D eigenvalue weighted by atomic mass is 10.2. The minimum absolute atomic E-state index is 0.116. The molecule has 0 spiro atoms. The predicted molar refractivity (Wildman–Crippen MR) is 62.7 cm³/mol. The normalized spacial score (nSPS) is 19.6. The summed E-state index contributed by atoms with van der Waals surface area (Å²) >= 11 is 0. The average molecular weight is 278 g/mol. The quantitative estimate of drug-likeness (QED) is 0.905. The minimum Gasteiger partial charge on any atom is -0.379 e. The van der Waals surface area contributed by atoms with Crippen LogP contribution in [0.4, 0.5) is 13.2 Å². The summed E-state index contributed by atoms with van der Waals surface area (Å²) in [5, 5.41) is 9.12. The highest BCUT2D eigenvalue weighted by molar-refractivity contribution is 5.15. The summed E-state index contributed by atoms with van der Waals surface area (Å²) in [5.41, 5.74) is -0.116. The third kappa shape index (κ3) is 3.95. The molecule has 0 saturated carbocycles. The second-order valence-electron chi connectivity index (χ2n) is 4.58. The molecule has 1 aliphatic rings. The van der Waals surface area contributed by atoms with Crippen molar-refractivity contribution in [3.05, 3.63) is 24.0 Å². The summed E-state index contributed by atoms with van der Waals surface area (Å²) in [6.45, 7) is 4.45. The molecule has 0 amide bonds. The van der Waals surface area contributed by atoms with Gasteiger partial charge in [0.1, 0.15) is 0 Å². The van der Waals surface area contributed by atoms with Crippen LogP contribution in [0.2, 0.25) is 0 Å². The molecule has 19 heavy (non-hydrogen) atoms. The van der Waals surface area contributed by atoms with Gasteiger partial charge in [0.2, 0.25) is 0 Å². The van der Waals surface area contributed by atoms with Gasteiger partial charge < -0.3 is 14.4 Å². The topological polar surface area (TPSA) is 37.6 Å². The Morgan fingerprint density at radius 1 is 1.26 bits per heavy atom. The van der Waals surface area contributed by atoms with Crippen molar-refractivity contribution in [1.82, 2.24) is 9.47 Å². The molecule has 1 aliphatic heterocycles. The molecule has 2 rings (SSSR count). The van der Waals surface area contributed by atoms with Gasteiger partial charge in [-0.3, -0.25) is 4.90 Å². The second kappa shape index (κ2) is 5.94. The van der Waals surface area contributed by atoms with E-state index in [0.717, 1.165) is 19.6 Å². The van der Waals surface area contributed by atoms with Crippen molar-refractivity contribution >= 4 is 0 Å². The summed E-state index contributed by atoms with van der Waals surface area (Å²) < 4.78 is 43.9. The van der Waals surface area contributed by atoms with Crippen LogP contribution < -0.4 is 0 Å². The van der Waals surface area contributed by atoms with Crippen molar-refractivity contribution in [2.24, 2.45) is 0 Å². The zero-order valence-electron chi connectivity index (χ0n) is 10.4. The fourth-order valence-corrected chi connectivity index (χ4v) is 2.03. The number of ether oxygens (including phenoxy) is 1. The highest BCUT2D eigenvalue weighted by Gasteiger charge is 2.39. The lowest BCUT2D eigenvalue weighted by Crippen LogP contribution is -2.38. The first-order chi connectivity index (χ1) is 8.97. The number of rotatable bonds is 4. The molecule has 0 aromatic carbocycles. The maximum absolute atomic E-state index is 12.3. The number of aromatic nitrogens is 1. The number of aliphatic hydroxyl groups is 1. The molecular weight excluding hydrogens is 261 g/mol. The van der Waals surface area contributed by atoms with Crippen molar-refractivity contribution in [3.8, 4) is 0 Å². The van der Waals surface area contributed by atoms with E-state index in [1.165, 1.54) is 12.3 Å². The summed E-state index contributed by atoms with van der Waals surface area (Å²) in [7, 11) is 0. The molecule has 0 bridgehead atoms. The molecule has 4 nitrogen and oxygen atoms in total. The van der Waals surface area contributed by atoms with Gasteiger partial charge in [0.05, 0.1) is 13.2 Å². The Hall–Kier alpha value is -1.05. The fourth-order valence-electron chi connectivity index (χ4n) is 2.03. The molecule has 2 heterocycles. The van der Waals surface area contributed by atoms with Gasteiger partial charge in [-0.1, -0.05) is 0 Å². The molecular formula is C12H17F3N2O2. The molecule has 1 aromatic rings. The highest BCUT2D eigenvalue weighted by atomic mass is 19.4. The van der Waals surface area contributed by atoms with E-state index < -0.39 is 12.3 Å². The Morgan fingerprint density at radius 3 is 2.58 bits per heavy atom. The Morgan fingerprint density at radius 2 is 1.95 bits per heavy atom. The van der Waals surface area contributed by atoms with Gasteiger partial charge in [-0.15, -0.1) is 0 Å². The third-order valence-electron chi connectivity index (χ3n) is 3.18. The molecule has 108 valence electrons. The van der Waals surface area contributed by atoms with Gasteiger partial charge >= 0.3 is 6.18 Å². The Kier molecular flexibility index (Phi) is 4.49. The first-order valence-electron chi connectivity index (χ1n) is 6.17. The van der Waals surface area contributed by atoms with Crippen molar-refractivity contribution in [2.75, 3.05) is 32.8 Å². The molecule has 1 atom stereocenters. The lowest BCUT2D eigenvalue weighted by molar-refractivity contribution is -0.206. The molecule has 1 fully saturated rings. The minimum atomic E-state index is -4.61. The second-order valence-corrected chi connectivity index (χ2v) is 4.58. The zero-order chi connectivity index (χ0) is 13.9. The fraction of sp³-hybridized carbons (Fsp3) is 0.667. The van der Waals surface area contributed by atoms with Gasteiger partial charge in [0.25, 0.3) is 0 Å². The van der Waals surface area contributed by atoms with Gasteiger partial charge in [-0.05, 0) is 6.07 Å². The monoisotopic (exact) mass is 278 g/mol. The molecule has 1 aromatic heterocycles. The van der Waals surface area contributed by atoms with Gasteiger partial charge in [-0.25, -0.2) is 0 Å². The number of halogens is 3. The van der Waals surface area contributed by atoms with Crippen LogP contribution in [0, 0.1) is 0 Å². The van der Waals surface area contributed by atoms with E-state index in [4.69, 9.17) is 9.84 Å². The summed E-state index contributed by atoms with van der Waals surface area (Å²) in [6.07, 6.45) is -4.11. The first-order valence-corrected chi connectivity index (χ1v) is 6.17. The van der Waals surface area contributed by atoms with E-state index in [1.54, 1.807) is 10.8 Å². The Labute approximate surface area is 109 Å². The van der Waals surface area contributed by atoms with E-state index in [2.05, 4.69) is 4.90 Å². The number of aliphatic hydroxyl groups excluding tert-OH is 1. The van der Waals surface area contributed by atoms with E-state index in [-0.39, 0.29) is 5.56 Å². The van der Waals surface area contributed by atoms with Crippen LogP contribution in [0.1, 0.15) is 11.7 Å². The predicted octanol–water partition coefficient (Wildman–Crippen LogP) is 1.42. The van der Waals surface area contributed by atoms with E-state index in [0.29, 0.717) is 19.8 Å². The largest absolute Gasteiger partial charge is 0.418 e. The van der Waals surface area contributed by atoms with Crippen LogP contribution in [0.25, 0.3) is 0 Å². The number of hydrogen-bond donors (Lipinski definition) is 1. The summed E-state index contributed by atoms with van der Waals surface area (Å²) in [5.74, 6) is 0. The van der Waals surface area contributed by atoms with Crippen LogP contribution in [0.5, 0.6) is 0 Å². The molecule has 0 radical (unpaired) electrons. The van der Waals surface area contributed by atoms with Gasteiger partial charge in [0, 0.05) is 44.1 Å². The molecule has 0 aliphatic carbocycles. The molecule has 1 N–H and O–H groups in total. The van der Waals surface area contributed by atoms with Crippen LogP contribution in [-0.2, 0) is 11.3 Å².